The molecule has 1 aromatic carbocycles. The molecule has 1 saturated heterocycles. The van der Waals surface area contributed by atoms with Gasteiger partial charge in [-0.3, -0.25) is 9.59 Å². The Labute approximate surface area is 121 Å². The molecule has 6 nitrogen and oxygen atoms in total. The van der Waals surface area contributed by atoms with Crippen molar-refractivity contribution in [2.24, 2.45) is 0 Å². The van der Waals surface area contributed by atoms with Crippen LogP contribution in [0.5, 0.6) is 0 Å². The van der Waals surface area contributed by atoms with Gasteiger partial charge in [-0.15, -0.1) is 0 Å². The summed E-state index contributed by atoms with van der Waals surface area (Å²) in [6, 6.07) is 7.37. The molecular formula is C15H17N3O3. The molecule has 110 valence electrons. The Kier molecular flexibility index (Phi) is 3.96. The van der Waals surface area contributed by atoms with E-state index in [4.69, 9.17) is 4.74 Å². The van der Waals surface area contributed by atoms with Gasteiger partial charge in [0.25, 0.3) is 5.56 Å². The number of benzene rings is 1. The lowest BCUT2D eigenvalue weighted by Crippen LogP contribution is -2.38. The summed E-state index contributed by atoms with van der Waals surface area (Å²) in [4.78, 5) is 32.8. The third-order valence-electron chi connectivity index (χ3n) is 3.56. The molecule has 1 N–H and O–H groups in total. The van der Waals surface area contributed by atoms with Crippen LogP contribution in [0.15, 0.2) is 29.1 Å². The first-order chi connectivity index (χ1) is 10.2. The standard InChI is InChI=1S/C15H17N3O3/c19-14(18-8-3-9-21-10-18)7-6-13-15(20)17-12-5-2-1-4-11(12)16-13/h1-2,4-5H,3,6-10H2,(H,17,20). The molecule has 6 heteroatoms. The molecule has 1 amide bonds. The van der Waals surface area contributed by atoms with Crippen molar-refractivity contribution in [2.75, 3.05) is 19.9 Å². The van der Waals surface area contributed by atoms with Crippen LogP contribution in [-0.4, -0.2) is 40.7 Å². The maximum absolute atomic E-state index is 12.1. The highest BCUT2D eigenvalue weighted by molar-refractivity contribution is 5.76. The third-order valence-corrected chi connectivity index (χ3v) is 3.56. The largest absolute Gasteiger partial charge is 0.361 e. The molecule has 0 radical (unpaired) electrons. The van der Waals surface area contributed by atoms with Crippen molar-refractivity contribution in [1.29, 1.82) is 0 Å². The molecule has 3 rings (SSSR count). The monoisotopic (exact) mass is 287 g/mol. The molecule has 2 heterocycles. The van der Waals surface area contributed by atoms with Gasteiger partial charge < -0.3 is 14.6 Å². The van der Waals surface area contributed by atoms with E-state index in [-0.39, 0.29) is 17.9 Å². The fourth-order valence-corrected chi connectivity index (χ4v) is 2.41. The molecule has 0 bridgehead atoms. The quantitative estimate of drug-likeness (QED) is 0.916. The summed E-state index contributed by atoms with van der Waals surface area (Å²) >= 11 is 0. The van der Waals surface area contributed by atoms with Crippen LogP contribution in [0.1, 0.15) is 18.5 Å². The molecule has 0 aliphatic carbocycles. The highest BCUT2D eigenvalue weighted by Gasteiger charge is 2.17. The number of carbonyl (C=O) groups is 1. The molecule has 21 heavy (non-hydrogen) atoms. The number of aryl methyl sites for hydroxylation is 1. The lowest BCUT2D eigenvalue weighted by atomic mass is 10.2. The molecule has 0 atom stereocenters. The minimum absolute atomic E-state index is 0.00376. The van der Waals surface area contributed by atoms with Gasteiger partial charge in [0.05, 0.1) is 17.6 Å². The molecule has 1 aliphatic heterocycles. The first-order valence-electron chi connectivity index (χ1n) is 7.07. The topological polar surface area (TPSA) is 75.3 Å². The molecular weight excluding hydrogens is 270 g/mol. The number of hydrogen-bond donors (Lipinski definition) is 1. The second-order valence-corrected chi connectivity index (χ2v) is 5.08. The Balaban J connectivity index is 1.71. The van der Waals surface area contributed by atoms with E-state index in [1.54, 1.807) is 4.90 Å². The zero-order valence-electron chi connectivity index (χ0n) is 11.7. The number of carbonyl (C=O) groups excluding carboxylic acids is 1. The maximum atomic E-state index is 12.1. The fraction of sp³-hybridized carbons (Fsp3) is 0.400. The van der Waals surface area contributed by atoms with E-state index in [0.717, 1.165) is 18.5 Å². The summed E-state index contributed by atoms with van der Waals surface area (Å²) in [7, 11) is 0. The molecule has 2 aromatic rings. The van der Waals surface area contributed by atoms with Crippen molar-refractivity contribution in [2.45, 2.75) is 19.3 Å². The summed E-state index contributed by atoms with van der Waals surface area (Å²) in [6.45, 7) is 1.77. The summed E-state index contributed by atoms with van der Waals surface area (Å²) in [5.41, 5.74) is 1.62. The van der Waals surface area contributed by atoms with E-state index in [9.17, 15) is 9.59 Å². The van der Waals surface area contributed by atoms with Gasteiger partial charge >= 0.3 is 0 Å². The number of aromatic nitrogens is 2. The summed E-state index contributed by atoms with van der Waals surface area (Å²) < 4.78 is 5.26. The van der Waals surface area contributed by atoms with Crippen LogP contribution in [0.3, 0.4) is 0 Å². The first-order valence-corrected chi connectivity index (χ1v) is 7.07. The van der Waals surface area contributed by atoms with Crippen molar-refractivity contribution < 1.29 is 9.53 Å². The summed E-state index contributed by atoms with van der Waals surface area (Å²) in [5, 5.41) is 0. The minimum atomic E-state index is -0.226. The number of amides is 1. The number of para-hydroxylation sites is 2. The average molecular weight is 287 g/mol. The molecule has 1 fully saturated rings. The normalized spacial score (nSPS) is 15.3. The van der Waals surface area contributed by atoms with Crippen LogP contribution in [-0.2, 0) is 16.0 Å². The molecule has 1 aliphatic rings. The van der Waals surface area contributed by atoms with Gasteiger partial charge in [-0.1, -0.05) is 12.1 Å². The maximum Gasteiger partial charge on any atom is 0.270 e. The smallest absolute Gasteiger partial charge is 0.270 e. The van der Waals surface area contributed by atoms with E-state index >= 15 is 0 Å². The van der Waals surface area contributed by atoms with Crippen LogP contribution < -0.4 is 5.56 Å². The number of hydrogen-bond acceptors (Lipinski definition) is 4. The van der Waals surface area contributed by atoms with Crippen LogP contribution in [0.2, 0.25) is 0 Å². The SMILES string of the molecule is O=C(CCc1nc2ccccc2[nH]c1=O)N1CCCOC1. The molecule has 0 spiro atoms. The van der Waals surface area contributed by atoms with Crippen LogP contribution in [0.25, 0.3) is 11.0 Å². The van der Waals surface area contributed by atoms with Crippen molar-refractivity contribution in [3.8, 4) is 0 Å². The highest BCUT2D eigenvalue weighted by Crippen LogP contribution is 2.08. The van der Waals surface area contributed by atoms with Gasteiger partial charge in [0.15, 0.2) is 0 Å². The van der Waals surface area contributed by atoms with E-state index in [2.05, 4.69) is 9.97 Å². The molecule has 1 aromatic heterocycles. The highest BCUT2D eigenvalue weighted by atomic mass is 16.5. The van der Waals surface area contributed by atoms with Gasteiger partial charge in [0.1, 0.15) is 12.4 Å². The van der Waals surface area contributed by atoms with Crippen LogP contribution in [0, 0.1) is 0 Å². The van der Waals surface area contributed by atoms with Crippen molar-refractivity contribution in [1.82, 2.24) is 14.9 Å². The van der Waals surface area contributed by atoms with E-state index in [1.165, 1.54) is 0 Å². The lowest BCUT2D eigenvalue weighted by molar-refractivity contribution is -0.140. The van der Waals surface area contributed by atoms with Crippen molar-refractivity contribution in [3.63, 3.8) is 0 Å². The summed E-state index contributed by atoms with van der Waals surface area (Å²) in [6.07, 6.45) is 1.48. The van der Waals surface area contributed by atoms with Gasteiger partial charge in [0, 0.05) is 19.4 Å². The van der Waals surface area contributed by atoms with Gasteiger partial charge in [0.2, 0.25) is 5.91 Å². The number of ether oxygens (including phenoxy) is 1. The number of aromatic amines is 1. The number of H-pyrrole nitrogens is 1. The van der Waals surface area contributed by atoms with Crippen molar-refractivity contribution in [3.05, 3.63) is 40.3 Å². The zero-order chi connectivity index (χ0) is 14.7. The third kappa shape index (κ3) is 3.11. The number of nitrogens with zero attached hydrogens (tertiary/aromatic N) is 2. The van der Waals surface area contributed by atoms with Crippen LogP contribution >= 0.6 is 0 Å². The predicted octanol–water partition coefficient (Wildman–Crippen LogP) is 1.06. The molecule has 0 saturated carbocycles. The summed E-state index contributed by atoms with van der Waals surface area (Å²) in [5.74, 6) is 0.00376. The Hall–Kier alpha value is -2.21. The first kappa shape index (κ1) is 13.8. The Morgan fingerprint density at radius 1 is 1.38 bits per heavy atom. The van der Waals surface area contributed by atoms with Crippen molar-refractivity contribution >= 4 is 16.9 Å². The van der Waals surface area contributed by atoms with E-state index < -0.39 is 0 Å². The number of nitrogens with one attached hydrogen (secondary N) is 1. The number of fused-ring (bicyclic) bond motifs is 1. The fourth-order valence-electron chi connectivity index (χ4n) is 2.41. The van der Waals surface area contributed by atoms with E-state index in [1.807, 2.05) is 24.3 Å². The predicted molar refractivity (Wildman–Crippen MR) is 77.8 cm³/mol. The average Bonchev–Trinajstić information content (AvgIpc) is 2.53. The van der Waals surface area contributed by atoms with Gasteiger partial charge in [-0.25, -0.2) is 4.98 Å². The van der Waals surface area contributed by atoms with Gasteiger partial charge in [-0.05, 0) is 18.6 Å². The number of rotatable bonds is 3. The second-order valence-electron chi connectivity index (χ2n) is 5.08. The molecule has 0 unspecified atom stereocenters. The van der Waals surface area contributed by atoms with Gasteiger partial charge in [-0.2, -0.15) is 0 Å². The Morgan fingerprint density at radius 2 is 2.24 bits per heavy atom. The minimum Gasteiger partial charge on any atom is -0.361 e. The Bertz CT molecular complexity index is 705. The second kappa shape index (κ2) is 6.05. The lowest BCUT2D eigenvalue weighted by Gasteiger charge is -2.26. The van der Waals surface area contributed by atoms with E-state index in [0.29, 0.717) is 31.0 Å². The van der Waals surface area contributed by atoms with Crippen LogP contribution in [0.4, 0.5) is 0 Å². The Morgan fingerprint density at radius 3 is 3.05 bits per heavy atom. The zero-order valence-corrected chi connectivity index (χ0v) is 11.7.